The highest BCUT2D eigenvalue weighted by Crippen LogP contribution is 2.31. The van der Waals surface area contributed by atoms with Gasteiger partial charge in [0.05, 0.1) is 5.56 Å². The van der Waals surface area contributed by atoms with Crippen molar-refractivity contribution in [3.63, 3.8) is 0 Å². The predicted octanol–water partition coefficient (Wildman–Crippen LogP) is 1.91. The second-order valence-corrected chi connectivity index (χ2v) is 6.62. The molecule has 0 aromatic carbocycles. The largest absolute Gasteiger partial charge is 0.317 e. The van der Waals surface area contributed by atoms with Crippen LogP contribution in [0.3, 0.4) is 0 Å². The van der Waals surface area contributed by atoms with Gasteiger partial charge >= 0.3 is 0 Å². The zero-order chi connectivity index (χ0) is 15.6. The molecule has 1 saturated heterocycles. The number of pyridine rings is 1. The molecule has 1 fully saturated rings. The Morgan fingerprint density at radius 1 is 1.35 bits per heavy atom. The van der Waals surface area contributed by atoms with Crippen LogP contribution in [0.2, 0.25) is 0 Å². The van der Waals surface area contributed by atoms with E-state index in [-0.39, 0.29) is 5.91 Å². The molecule has 2 N–H and O–H groups in total. The van der Waals surface area contributed by atoms with Gasteiger partial charge in [0.2, 0.25) is 0 Å². The Morgan fingerprint density at radius 3 is 3.09 bits per heavy atom. The van der Waals surface area contributed by atoms with Gasteiger partial charge in [-0.2, -0.15) is 0 Å². The summed E-state index contributed by atoms with van der Waals surface area (Å²) in [5, 5.41) is 14.6. The van der Waals surface area contributed by atoms with Crippen LogP contribution >= 0.6 is 11.3 Å². The molecule has 1 amide bonds. The summed E-state index contributed by atoms with van der Waals surface area (Å²) in [6, 6.07) is 3.50. The number of rotatable bonds is 3. The van der Waals surface area contributed by atoms with Gasteiger partial charge in [-0.3, -0.25) is 14.5 Å². The molecule has 0 atom stereocenters. The molecule has 4 heterocycles. The molecule has 1 aliphatic heterocycles. The average Bonchev–Trinajstić information content (AvgIpc) is 3.24. The van der Waals surface area contributed by atoms with Gasteiger partial charge in [-0.15, -0.1) is 21.5 Å². The van der Waals surface area contributed by atoms with Crippen molar-refractivity contribution in [2.75, 3.05) is 18.4 Å². The first kappa shape index (κ1) is 14.3. The lowest BCUT2D eigenvalue weighted by atomic mass is 9.97. The first-order valence-electron chi connectivity index (χ1n) is 7.57. The van der Waals surface area contributed by atoms with Crippen LogP contribution in [0, 0.1) is 0 Å². The maximum absolute atomic E-state index is 12.4. The molecule has 118 valence electrons. The first-order valence-corrected chi connectivity index (χ1v) is 8.38. The minimum Gasteiger partial charge on any atom is -0.317 e. The Morgan fingerprint density at radius 2 is 2.22 bits per heavy atom. The predicted molar refractivity (Wildman–Crippen MR) is 87.9 cm³/mol. The van der Waals surface area contributed by atoms with Crippen LogP contribution in [0.5, 0.6) is 0 Å². The normalized spacial score (nSPS) is 15.8. The molecule has 7 nitrogen and oxygen atoms in total. The Hall–Kier alpha value is -2.32. The van der Waals surface area contributed by atoms with Crippen molar-refractivity contribution in [2.45, 2.75) is 18.8 Å². The molecular weight excluding hydrogens is 312 g/mol. The van der Waals surface area contributed by atoms with Gasteiger partial charge < -0.3 is 5.32 Å². The molecule has 8 heteroatoms. The van der Waals surface area contributed by atoms with E-state index in [4.69, 9.17) is 0 Å². The fourth-order valence-corrected chi connectivity index (χ4v) is 3.75. The zero-order valence-corrected chi connectivity index (χ0v) is 13.2. The summed E-state index contributed by atoms with van der Waals surface area (Å²) < 4.78 is 1.72. The number of nitrogens with one attached hydrogen (secondary N) is 2. The maximum Gasteiger partial charge on any atom is 0.258 e. The van der Waals surface area contributed by atoms with E-state index < -0.39 is 0 Å². The van der Waals surface area contributed by atoms with E-state index in [0.29, 0.717) is 22.3 Å². The second-order valence-electron chi connectivity index (χ2n) is 5.56. The van der Waals surface area contributed by atoms with Crippen molar-refractivity contribution in [3.8, 4) is 0 Å². The number of hydrogen-bond acceptors (Lipinski definition) is 6. The van der Waals surface area contributed by atoms with E-state index in [2.05, 4.69) is 25.8 Å². The van der Waals surface area contributed by atoms with E-state index in [1.165, 1.54) is 4.88 Å². The van der Waals surface area contributed by atoms with Crippen molar-refractivity contribution in [3.05, 3.63) is 41.3 Å². The molecule has 0 radical (unpaired) electrons. The molecular formula is C15H16N6OS. The average molecular weight is 328 g/mol. The third kappa shape index (κ3) is 2.95. The van der Waals surface area contributed by atoms with Gasteiger partial charge in [-0.25, -0.2) is 4.98 Å². The van der Waals surface area contributed by atoms with E-state index in [9.17, 15) is 4.79 Å². The minimum atomic E-state index is -0.174. The number of fused-ring (bicyclic) bond motifs is 1. The van der Waals surface area contributed by atoms with Gasteiger partial charge in [0, 0.05) is 17.3 Å². The molecule has 1 aliphatic rings. The Bertz CT molecular complexity index is 835. The highest BCUT2D eigenvalue weighted by Gasteiger charge is 2.18. The standard InChI is InChI=1S/C15H16N6OS/c22-14(11-1-2-13-20-18-9-21(13)8-11)19-15-17-7-12(23-15)10-3-5-16-6-4-10/h1-2,7-10,16H,3-6H2,(H,17,19,22). The van der Waals surface area contributed by atoms with Crippen molar-refractivity contribution in [2.24, 2.45) is 0 Å². The van der Waals surface area contributed by atoms with Gasteiger partial charge in [0.1, 0.15) is 6.33 Å². The summed E-state index contributed by atoms with van der Waals surface area (Å²) in [5.41, 5.74) is 1.26. The fourth-order valence-electron chi connectivity index (χ4n) is 2.77. The van der Waals surface area contributed by atoms with Crippen LogP contribution in [0.15, 0.2) is 30.9 Å². The van der Waals surface area contributed by atoms with Crippen LogP contribution in [0.1, 0.15) is 34.0 Å². The van der Waals surface area contributed by atoms with Gasteiger partial charge in [-0.1, -0.05) is 0 Å². The summed E-state index contributed by atoms with van der Waals surface area (Å²) in [6.07, 6.45) is 7.43. The first-order chi connectivity index (χ1) is 11.3. The fraction of sp³-hybridized carbons (Fsp3) is 0.333. The molecule has 23 heavy (non-hydrogen) atoms. The smallest absolute Gasteiger partial charge is 0.258 e. The van der Waals surface area contributed by atoms with Crippen LogP contribution in [0.4, 0.5) is 5.13 Å². The topological polar surface area (TPSA) is 84.2 Å². The third-order valence-corrected chi connectivity index (χ3v) is 5.11. The summed E-state index contributed by atoms with van der Waals surface area (Å²) in [5.74, 6) is 0.375. The van der Waals surface area contributed by atoms with Crippen LogP contribution in [0.25, 0.3) is 5.65 Å². The summed E-state index contributed by atoms with van der Waals surface area (Å²) in [7, 11) is 0. The number of piperidine rings is 1. The van der Waals surface area contributed by atoms with Crippen molar-refractivity contribution in [1.82, 2.24) is 24.9 Å². The number of nitrogens with zero attached hydrogens (tertiary/aromatic N) is 4. The number of anilines is 1. The number of amides is 1. The summed E-state index contributed by atoms with van der Waals surface area (Å²) in [4.78, 5) is 17.9. The van der Waals surface area contributed by atoms with Crippen molar-refractivity contribution < 1.29 is 4.79 Å². The van der Waals surface area contributed by atoms with E-state index in [1.54, 1.807) is 40.4 Å². The number of carbonyl (C=O) groups excluding carboxylic acids is 1. The highest BCUT2D eigenvalue weighted by atomic mass is 32.1. The molecule has 0 unspecified atom stereocenters. The summed E-state index contributed by atoms with van der Waals surface area (Å²) in [6.45, 7) is 2.09. The van der Waals surface area contributed by atoms with E-state index in [0.717, 1.165) is 25.9 Å². The Kier molecular flexibility index (Phi) is 3.76. The Balaban J connectivity index is 1.48. The van der Waals surface area contributed by atoms with Crippen LogP contribution in [-0.2, 0) is 0 Å². The highest BCUT2D eigenvalue weighted by molar-refractivity contribution is 7.15. The zero-order valence-electron chi connectivity index (χ0n) is 12.4. The molecule has 3 aromatic rings. The van der Waals surface area contributed by atoms with Crippen LogP contribution < -0.4 is 10.6 Å². The van der Waals surface area contributed by atoms with Crippen molar-refractivity contribution >= 4 is 28.0 Å². The molecule has 0 saturated carbocycles. The van der Waals surface area contributed by atoms with Crippen molar-refractivity contribution in [1.29, 1.82) is 0 Å². The lowest BCUT2D eigenvalue weighted by molar-refractivity contribution is 0.102. The van der Waals surface area contributed by atoms with Gasteiger partial charge in [0.15, 0.2) is 10.8 Å². The molecule has 0 bridgehead atoms. The quantitative estimate of drug-likeness (QED) is 0.767. The second kappa shape index (κ2) is 6.05. The van der Waals surface area contributed by atoms with Gasteiger partial charge in [0.25, 0.3) is 5.91 Å². The molecule has 0 aliphatic carbocycles. The molecule has 0 spiro atoms. The lowest BCUT2D eigenvalue weighted by Gasteiger charge is -2.20. The lowest BCUT2D eigenvalue weighted by Crippen LogP contribution is -2.26. The Labute approximate surface area is 136 Å². The number of thiazole rings is 1. The third-order valence-electron chi connectivity index (χ3n) is 4.04. The monoisotopic (exact) mass is 328 g/mol. The maximum atomic E-state index is 12.4. The van der Waals surface area contributed by atoms with Gasteiger partial charge in [-0.05, 0) is 44.0 Å². The van der Waals surface area contributed by atoms with Crippen LogP contribution in [-0.4, -0.2) is 38.6 Å². The number of carbonyl (C=O) groups is 1. The number of hydrogen-bond donors (Lipinski definition) is 2. The van der Waals surface area contributed by atoms with E-state index >= 15 is 0 Å². The van der Waals surface area contributed by atoms with E-state index in [1.807, 2.05) is 6.20 Å². The molecule has 4 rings (SSSR count). The molecule has 3 aromatic heterocycles. The SMILES string of the molecule is O=C(Nc1ncc(C2CCNCC2)s1)c1ccc2nncn2c1. The number of aromatic nitrogens is 4. The minimum absolute atomic E-state index is 0.174. The summed E-state index contributed by atoms with van der Waals surface area (Å²) >= 11 is 1.57.